The molecule has 0 spiro atoms. The zero-order valence-electron chi connectivity index (χ0n) is 16.4. The fourth-order valence-corrected chi connectivity index (χ4v) is 3.66. The highest BCUT2D eigenvalue weighted by Crippen LogP contribution is 2.44. The molecule has 1 aliphatic carbocycles. The van der Waals surface area contributed by atoms with Crippen LogP contribution in [0.4, 0.5) is 4.79 Å². The normalized spacial score (nSPS) is 13.2. The average molecular weight is 396 g/mol. The molecule has 0 fully saturated rings. The number of carbonyl (C=O) groups is 3. The van der Waals surface area contributed by atoms with Gasteiger partial charge in [0.05, 0.1) is 0 Å². The van der Waals surface area contributed by atoms with Crippen molar-refractivity contribution in [2.45, 2.75) is 25.8 Å². The van der Waals surface area contributed by atoms with E-state index in [1.165, 1.54) is 6.92 Å². The molecule has 7 heteroatoms. The van der Waals surface area contributed by atoms with Gasteiger partial charge in [0.25, 0.3) is 0 Å². The minimum atomic E-state index is -1.10. The van der Waals surface area contributed by atoms with Crippen molar-refractivity contribution in [1.29, 1.82) is 0 Å². The fraction of sp³-hybridized carbons (Fsp3) is 0.318. The van der Waals surface area contributed by atoms with Crippen LogP contribution < -0.4 is 5.32 Å². The van der Waals surface area contributed by atoms with Crippen LogP contribution in [0.25, 0.3) is 11.1 Å². The Hall–Kier alpha value is -3.35. The number of nitrogens with zero attached hydrogens (tertiary/aromatic N) is 1. The van der Waals surface area contributed by atoms with Gasteiger partial charge in [0.1, 0.15) is 19.2 Å². The molecule has 0 unspecified atom stereocenters. The Labute approximate surface area is 169 Å². The van der Waals surface area contributed by atoms with Gasteiger partial charge in [-0.2, -0.15) is 0 Å². The number of nitrogens with one attached hydrogen (secondary N) is 1. The zero-order valence-corrected chi connectivity index (χ0v) is 16.4. The quantitative estimate of drug-likeness (QED) is 0.750. The van der Waals surface area contributed by atoms with Gasteiger partial charge in [0.15, 0.2) is 0 Å². The van der Waals surface area contributed by atoms with Gasteiger partial charge in [-0.05, 0) is 36.1 Å². The number of hydrogen-bond acceptors (Lipinski definition) is 4. The molecule has 2 aromatic rings. The molecular formula is C22H24N2O5. The number of likely N-dealkylation sites (N-methyl/N-ethyl adjacent to an activating group) is 1. The number of ether oxygens (including phenoxy) is 1. The van der Waals surface area contributed by atoms with Crippen LogP contribution in [0.2, 0.25) is 0 Å². The lowest BCUT2D eigenvalue weighted by Gasteiger charge is -2.23. The number of fused-ring (bicyclic) bond motifs is 3. The highest BCUT2D eigenvalue weighted by Gasteiger charge is 2.29. The highest BCUT2D eigenvalue weighted by molar-refractivity contribution is 5.87. The summed E-state index contributed by atoms with van der Waals surface area (Å²) in [6.07, 6.45) is -0.709. The van der Waals surface area contributed by atoms with Crippen LogP contribution in [0.1, 0.15) is 30.9 Å². The van der Waals surface area contributed by atoms with E-state index >= 15 is 0 Å². The lowest BCUT2D eigenvalue weighted by Crippen LogP contribution is -2.48. The minimum absolute atomic E-state index is 0.0710. The molecule has 2 aromatic carbocycles. The molecule has 1 atom stereocenters. The molecule has 0 radical (unpaired) electrons. The molecule has 3 rings (SSSR count). The van der Waals surface area contributed by atoms with E-state index in [1.54, 1.807) is 6.92 Å². The Kier molecular flexibility index (Phi) is 6.16. The van der Waals surface area contributed by atoms with Crippen molar-refractivity contribution in [3.05, 3.63) is 59.7 Å². The summed E-state index contributed by atoms with van der Waals surface area (Å²) in [6, 6.07) is 15.2. The monoisotopic (exact) mass is 396 g/mol. The van der Waals surface area contributed by atoms with Crippen LogP contribution in [0, 0.1) is 0 Å². The van der Waals surface area contributed by atoms with Gasteiger partial charge in [-0.15, -0.1) is 0 Å². The Balaban J connectivity index is 1.62. The topological polar surface area (TPSA) is 95.9 Å². The first-order valence-electron chi connectivity index (χ1n) is 9.54. The molecule has 0 saturated carbocycles. The smallest absolute Gasteiger partial charge is 0.407 e. The van der Waals surface area contributed by atoms with Crippen molar-refractivity contribution in [2.75, 3.05) is 19.7 Å². The number of aliphatic carboxylic acids is 1. The van der Waals surface area contributed by atoms with Crippen LogP contribution in [-0.4, -0.2) is 53.7 Å². The third-order valence-electron chi connectivity index (χ3n) is 5.07. The Bertz CT molecular complexity index is 881. The first kappa shape index (κ1) is 20.4. The van der Waals surface area contributed by atoms with E-state index < -0.39 is 30.6 Å². The van der Waals surface area contributed by atoms with Gasteiger partial charge in [0, 0.05) is 12.5 Å². The van der Waals surface area contributed by atoms with E-state index in [9.17, 15) is 14.4 Å². The lowest BCUT2D eigenvalue weighted by atomic mass is 9.98. The highest BCUT2D eigenvalue weighted by atomic mass is 16.5. The summed E-state index contributed by atoms with van der Waals surface area (Å²) >= 11 is 0. The van der Waals surface area contributed by atoms with Gasteiger partial charge in [-0.1, -0.05) is 48.5 Å². The van der Waals surface area contributed by atoms with E-state index in [2.05, 4.69) is 17.4 Å². The second-order valence-electron chi connectivity index (χ2n) is 6.94. The first-order chi connectivity index (χ1) is 13.9. The third-order valence-corrected chi connectivity index (χ3v) is 5.07. The maximum absolute atomic E-state index is 12.3. The molecular weight excluding hydrogens is 372 g/mol. The number of alkyl carbamates (subject to hydrolysis) is 1. The molecule has 0 aliphatic heterocycles. The van der Waals surface area contributed by atoms with Crippen molar-refractivity contribution in [2.24, 2.45) is 0 Å². The summed E-state index contributed by atoms with van der Waals surface area (Å²) in [5.41, 5.74) is 4.47. The molecule has 2 amide bonds. The molecule has 1 aliphatic rings. The molecule has 7 nitrogen and oxygen atoms in total. The number of benzene rings is 2. The summed E-state index contributed by atoms with van der Waals surface area (Å²) in [5.74, 6) is -1.64. The summed E-state index contributed by atoms with van der Waals surface area (Å²) in [6.45, 7) is 3.16. The zero-order chi connectivity index (χ0) is 21.0. The van der Waals surface area contributed by atoms with Crippen molar-refractivity contribution in [3.63, 3.8) is 0 Å². The number of rotatable bonds is 7. The maximum atomic E-state index is 12.3. The maximum Gasteiger partial charge on any atom is 0.407 e. The second-order valence-corrected chi connectivity index (χ2v) is 6.94. The number of carboxylic acid groups (broad SMARTS) is 1. The van der Waals surface area contributed by atoms with E-state index in [-0.39, 0.29) is 19.1 Å². The molecule has 152 valence electrons. The predicted molar refractivity (Wildman–Crippen MR) is 108 cm³/mol. The summed E-state index contributed by atoms with van der Waals surface area (Å²) in [4.78, 5) is 36.6. The van der Waals surface area contributed by atoms with Crippen LogP contribution in [-0.2, 0) is 14.3 Å². The van der Waals surface area contributed by atoms with Crippen LogP contribution in [0.3, 0.4) is 0 Å². The molecule has 0 aromatic heterocycles. The molecule has 0 saturated heterocycles. The van der Waals surface area contributed by atoms with E-state index in [0.29, 0.717) is 0 Å². The number of hydrogen-bond donors (Lipinski definition) is 2. The second kappa shape index (κ2) is 8.77. The number of carboxylic acids is 1. The Morgan fingerprint density at radius 1 is 1.07 bits per heavy atom. The van der Waals surface area contributed by atoms with Gasteiger partial charge in [-0.3, -0.25) is 9.59 Å². The number of amides is 2. The van der Waals surface area contributed by atoms with Crippen LogP contribution in [0.15, 0.2) is 48.5 Å². The van der Waals surface area contributed by atoms with E-state index in [1.807, 2.05) is 36.4 Å². The number of carbonyl (C=O) groups excluding carboxylic acids is 2. The van der Waals surface area contributed by atoms with Gasteiger partial charge < -0.3 is 20.1 Å². The minimum Gasteiger partial charge on any atom is -0.480 e. The van der Waals surface area contributed by atoms with Gasteiger partial charge in [-0.25, -0.2) is 4.79 Å². The predicted octanol–water partition coefficient (Wildman–Crippen LogP) is 2.85. The Morgan fingerprint density at radius 3 is 2.14 bits per heavy atom. The van der Waals surface area contributed by atoms with Crippen LogP contribution >= 0.6 is 0 Å². The van der Waals surface area contributed by atoms with Crippen molar-refractivity contribution in [1.82, 2.24) is 10.2 Å². The largest absolute Gasteiger partial charge is 0.480 e. The summed E-state index contributed by atoms with van der Waals surface area (Å²) < 4.78 is 5.42. The van der Waals surface area contributed by atoms with Gasteiger partial charge >= 0.3 is 12.1 Å². The average Bonchev–Trinajstić information content (AvgIpc) is 3.03. The third kappa shape index (κ3) is 4.39. The van der Waals surface area contributed by atoms with Gasteiger partial charge in [0.2, 0.25) is 5.91 Å². The SMILES string of the molecule is CCN(CC(=O)O)C(=O)[C@@H](C)NC(=O)OCC1c2ccccc2-c2ccccc21. The molecule has 2 N–H and O–H groups in total. The van der Waals surface area contributed by atoms with Crippen molar-refractivity contribution in [3.8, 4) is 11.1 Å². The standard InChI is InChI=1S/C22H24N2O5/c1-3-24(12-20(25)26)21(27)14(2)23-22(28)29-13-19-17-10-6-4-8-15(17)16-9-5-7-11-18(16)19/h4-11,14,19H,3,12-13H2,1-2H3,(H,23,28)(H,25,26)/t14-/m1/s1. The van der Waals surface area contributed by atoms with E-state index in [4.69, 9.17) is 9.84 Å². The fourth-order valence-electron chi connectivity index (χ4n) is 3.66. The molecule has 29 heavy (non-hydrogen) atoms. The first-order valence-corrected chi connectivity index (χ1v) is 9.54. The molecule has 0 heterocycles. The summed E-state index contributed by atoms with van der Waals surface area (Å²) in [5, 5.41) is 11.4. The Morgan fingerprint density at radius 2 is 1.62 bits per heavy atom. The van der Waals surface area contributed by atoms with Crippen molar-refractivity contribution < 1.29 is 24.2 Å². The van der Waals surface area contributed by atoms with E-state index in [0.717, 1.165) is 27.2 Å². The van der Waals surface area contributed by atoms with Crippen LogP contribution in [0.5, 0.6) is 0 Å². The molecule has 0 bridgehead atoms. The summed E-state index contributed by atoms with van der Waals surface area (Å²) in [7, 11) is 0. The van der Waals surface area contributed by atoms with Crippen molar-refractivity contribution >= 4 is 18.0 Å². The lowest BCUT2D eigenvalue weighted by molar-refractivity contribution is -0.144.